The fourth-order valence-electron chi connectivity index (χ4n) is 2.03. The molecular weight excluding hydrogens is 256 g/mol. The first-order valence-corrected chi connectivity index (χ1v) is 6.53. The predicted molar refractivity (Wildman–Crippen MR) is 75.6 cm³/mol. The summed E-state index contributed by atoms with van der Waals surface area (Å²) in [5.74, 6) is 0.444. The van der Waals surface area contributed by atoms with Crippen LogP contribution in [0, 0.1) is 13.8 Å². The molecule has 0 aliphatic heterocycles. The molecule has 0 fully saturated rings. The van der Waals surface area contributed by atoms with E-state index in [1.807, 2.05) is 13.8 Å². The molecule has 106 valence electrons. The fraction of sp³-hybridized carbons (Fsp3) is 0.357. The van der Waals surface area contributed by atoms with Crippen LogP contribution in [0.3, 0.4) is 0 Å². The van der Waals surface area contributed by atoms with Gasteiger partial charge in [-0.15, -0.1) is 0 Å². The molecule has 6 nitrogen and oxygen atoms in total. The Hall–Kier alpha value is -2.37. The van der Waals surface area contributed by atoms with Gasteiger partial charge in [0.05, 0.1) is 6.04 Å². The molecule has 0 saturated carbocycles. The van der Waals surface area contributed by atoms with Gasteiger partial charge in [0, 0.05) is 29.2 Å². The van der Waals surface area contributed by atoms with Gasteiger partial charge in [-0.05, 0) is 26.3 Å². The number of aryl methyl sites for hydroxylation is 2. The number of carbonyl (C=O) groups excluding carboxylic acids is 1. The lowest BCUT2D eigenvalue weighted by Crippen LogP contribution is -2.30. The van der Waals surface area contributed by atoms with E-state index < -0.39 is 0 Å². The van der Waals surface area contributed by atoms with Crippen molar-refractivity contribution in [3.05, 3.63) is 51.5 Å². The van der Waals surface area contributed by atoms with Gasteiger partial charge in [0.25, 0.3) is 5.91 Å². The molecule has 2 aromatic heterocycles. The quantitative estimate of drug-likeness (QED) is 0.790. The van der Waals surface area contributed by atoms with Crippen LogP contribution >= 0.6 is 0 Å². The minimum atomic E-state index is -0.281. The summed E-state index contributed by atoms with van der Waals surface area (Å²) in [6.45, 7) is 5.61. The van der Waals surface area contributed by atoms with Crippen molar-refractivity contribution in [2.45, 2.75) is 33.2 Å². The topological polar surface area (TPSA) is 90.6 Å². The summed E-state index contributed by atoms with van der Waals surface area (Å²) in [5.41, 5.74) is 1.68. The summed E-state index contributed by atoms with van der Waals surface area (Å²) >= 11 is 0. The number of pyridine rings is 1. The van der Waals surface area contributed by atoms with Crippen LogP contribution in [0.25, 0.3) is 0 Å². The highest BCUT2D eigenvalue weighted by molar-refractivity contribution is 5.94. The van der Waals surface area contributed by atoms with E-state index in [1.165, 1.54) is 6.07 Å². The number of H-pyrrole nitrogens is 2. The van der Waals surface area contributed by atoms with Crippen LogP contribution in [0.15, 0.2) is 23.1 Å². The lowest BCUT2D eigenvalue weighted by Gasteiger charge is -2.14. The van der Waals surface area contributed by atoms with Gasteiger partial charge in [-0.1, -0.05) is 6.92 Å². The predicted octanol–water partition coefficient (Wildman–Crippen LogP) is 1.60. The Kier molecular flexibility index (Phi) is 4.02. The van der Waals surface area contributed by atoms with Gasteiger partial charge in [0.15, 0.2) is 0 Å². The van der Waals surface area contributed by atoms with Crippen LogP contribution in [-0.4, -0.2) is 20.9 Å². The highest BCUT2D eigenvalue weighted by atomic mass is 16.2. The number of nitrogens with zero attached hydrogens (tertiary/aromatic N) is 1. The van der Waals surface area contributed by atoms with E-state index in [1.54, 1.807) is 19.2 Å². The monoisotopic (exact) mass is 274 g/mol. The maximum Gasteiger partial charge on any atom is 0.252 e. The molecule has 6 heteroatoms. The molecule has 2 aromatic rings. The van der Waals surface area contributed by atoms with Crippen molar-refractivity contribution in [1.29, 1.82) is 0 Å². The van der Waals surface area contributed by atoms with Crippen LogP contribution < -0.4 is 10.9 Å². The number of aromatic amines is 2. The molecule has 0 aliphatic carbocycles. The second-order valence-corrected chi connectivity index (χ2v) is 4.80. The van der Waals surface area contributed by atoms with Crippen LogP contribution in [0.2, 0.25) is 0 Å². The van der Waals surface area contributed by atoms with Gasteiger partial charge in [0.2, 0.25) is 5.56 Å². The molecule has 0 bridgehead atoms. The van der Waals surface area contributed by atoms with Crippen LogP contribution in [0.1, 0.15) is 47.0 Å². The van der Waals surface area contributed by atoms with Gasteiger partial charge in [-0.2, -0.15) is 0 Å². The van der Waals surface area contributed by atoms with Gasteiger partial charge >= 0.3 is 0 Å². The Balaban J connectivity index is 2.19. The number of nitrogens with one attached hydrogen (secondary N) is 3. The summed E-state index contributed by atoms with van der Waals surface area (Å²) in [6.07, 6.45) is 2.43. The van der Waals surface area contributed by atoms with Crippen molar-refractivity contribution in [3.63, 3.8) is 0 Å². The standard InChI is InChI=1S/C14H18N4O2/c1-4-11(13-15-7-9(3)17-13)18-14(20)10-5-8(2)16-12(19)6-10/h5-7,11H,4H2,1-3H3,(H,15,17)(H,16,19)(H,18,20)/t11-/m0/s1. The van der Waals surface area contributed by atoms with E-state index in [2.05, 4.69) is 20.3 Å². The van der Waals surface area contributed by atoms with Crippen molar-refractivity contribution < 1.29 is 4.79 Å². The SMILES string of the molecule is CC[C@H](NC(=O)c1cc(C)[nH]c(=O)c1)c1ncc(C)[nH]1. The molecule has 0 radical (unpaired) electrons. The van der Waals surface area contributed by atoms with E-state index in [-0.39, 0.29) is 17.5 Å². The average molecular weight is 274 g/mol. The largest absolute Gasteiger partial charge is 0.344 e. The molecule has 0 saturated heterocycles. The minimum Gasteiger partial charge on any atom is -0.344 e. The molecule has 2 rings (SSSR count). The third kappa shape index (κ3) is 3.14. The molecular formula is C14H18N4O2. The third-order valence-electron chi connectivity index (χ3n) is 3.01. The summed E-state index contributed by atoms with van der Waals surface area (Å²) < 4.78 is 0. The zero-order chi connectivity index (χ0) is 14.7. The van der Waals surface area contributed by atoms with Crippen LogP contribution in [-0.2, 0) is 0 Å². The van der Waals surface area contributed by atoms with Crippen molar-refractivity contribution in [2.75, 3.05) is 0 Å². The normalized spacial score (nSPS) is 12.2. The van der Waals surface area contributed by atoms with Crippen molar-refractivity contribution >= 4 is 5.91 Å². The summed E-state index contributed by atoms with van der Waals surface area (Å²) in [4.78, 5) is 33.5. The van der Waals surface area contributed by atoms with Gasteiger partial charge in [0.1, 0.15) is 5.82 Å². The molecule has 2 heterocycles. The first kappa shape index (κ1) is 14.0. The highest BCUT2D eigenvalue weighted by Crippen LogP contribution is 2.13. The van der Waals surface area contributed by atoms with Crippen LogP contribution in [0.4, 0.5) is 0 Å². The lowest BCUT2D eigenvalue weighted by atomic mass is 10.1. The van der Waals surface area contributed by atoms with E-state index in [0.29, 0.717) is 17.7 Å². The molecule has 0 aliphatic rings. The first-order chi connectivity index (χ1) is 9.49. The van der Waals surface area contributed by atoms with Crippen molar-refractivity contribution in [2.24, 2.45) is 0 Å². The molecule has 0 aromatic carbocycles. The van der Waals surface area contributed by atoms with E-state index in [4.69, 9.17) is 0 Å². The van der Waals surface area contributed by atoms with Crippen molar-refractivity contribution in [3.8, 4) is 0 Å². The number of aromatic nitrogens is 3. The van der Waals surface area contributed by atoms with E-state index in [9.17, 15) is 9.59 Å². The number of hydrogen-bond donors (Lipinski definition) is 3. The van der Waals surface area contributed by atoms with Gasteiger partial charge < -0.3 is 15.3 Å². The zero-order valence-electron chi connectivity index (χ0n) is 11.8. The molecule has 3 N–H and O–H groups in total. The molecule has 1 amide bonds. The zero-order valence-corrected chi connectivity index (χ0v) is 11.8. The van der Waals surface area contributed by atoms with E-state index in [0.717, 1.165) is 11.5 Å². The first-order valence-electron chi connectivity index (χ1n) is 6.53. The highest BCUT2D eigenvalue weighted by Gasteiger charge is 2.17. The smallest absolute Gasteiger partial charge is 0.252 e. The molecule has 0 unspecified atom stereocenters. The number of rotatable bonds is 4. The lowest BCUT2D eigenvalue weighted by molar-refractivity contribution is 0.0933. The Morgan fingerprint density at radius 1 is 1.30 bits per heavy atom. The van der Waals surface area contributed by atoms with Gasteiger partial charge in [-0.3, -0.25) is 9.59 Å². The summed E-state index contributed by atoms with van der Waals surface area (Å²) in [5, 5.41) is 2.88. The number of imidazole rings is 1. The number of carbonyl (C=O) groups is 1. The number of amides is 1. The summed E-state index contributed by atoms with van der Waals surface area (Å²) in [7, 11) is 0. The fourth-order valence-corrected chi connectivity index (χ4v) is 2.03. The molecule has 0 spiro atoms. The summed E-state index contributed by atoms with van der Waals surface area (Å²) in [6, 6.07) is 2.75. The number of hydrogen-bond acceptors (Lipinski definition) is 3. The van der Waals surface area contributed by atoms with Crippen molar-refractivity contribution in [1.82, 2.24) is 20.3 Å². The Labute approximate surface area is 116 Å². The minimum absolute atomic E-state index is 0.198. The maximum atomic E-state index is 12.2. The second-order valence-electron chi connectivity index (χ2n) is 4.80. The maximum absolute atomic E-state index is 12.2. The molecule has 20 heavy (non-hydrogen) atoms. The second kappa shape index (κ2) is 5.73. The molecule has 1 atom stereocenters. The Bertz CT molecular complexity index is 672. The average Bonchev–Trinajstić information content (AvgIpc) is 2.81. The van der Waals surface area contributed by atoms with E-state index >= 15 is 0 Å². The Morgan fingerprint density at radius 2 is 2.05 bits per heavy atom. The third-order valence-corrected chi connectivity index (χ3v) is 3.01. The Morgan fingerprint density at radius 3 is 2.60 bits per heavy atom. The van der Waals surface area contributed by atoms with Crippen LogP contribution in [0.5, 0.6) is 0 Å². The van der Waals surface area contributed by atoms with Gasteiger partial charge in [-0.25, -0.2) is 4.98 Å².